The Kier molecular flexibility index (Phi) is 6.58. The summed E-state index contributed by atoms with van der Waals surface area (Å²) in [7, 11) is 1.29. The topological polar surface area (TPSA) is 196 Å². The number of hydrogen-bond acceptors (Lipinski definition) is 10. The van der Waals surface area contributed by atoms with Crippen molar-refractivity contribution in [3.8, 4) is 11.5 Å². The van der Waals surface area contributed by atoms with Gasteiger partial charge in [-0.15, -0.1) is 5.48 Å². The third-order valence-corrected chi connectivity index (χ3v) is 5.17. The van der Waals surface area contributed by atoms with Crippen LogP contribution in [0.3, 0.4) is 0 Å². The lowest BCUT2D eigenvalue weighted by Crippen LogP contribution is -2.52. The molecule has 2 heterocycles. The van der Waals surface area contributed by atoms with Crippen molar-refractivity contribution < 1.29 is 34.0 Å². The molecule has 0 saturated carbocycles. The molecule has 12 nitrogen and oxygen atoms in total. The van der Waals surface area contributed by atoms with E-state index in [9.17, 15) is 19.8 Å². The van der Waals surface area contributed by atoms with Gasteiger partial charge in [0.15, 0.2) is 17.0 Å². The van der Waals surface area contributed by atoms with E-state index in [2.05, 4.69) is 20.6 Å². The van der Waals surface area contributed by atoms with Crippen LogP contribution in [-0.4, -0.2) is 46.0 Å². The number of nitrogens with one attached hydrogen (secondary N) is 1. The number of carbonyl (C=O) groups excluding carboxylic acids is 2. The zero-order chi connectivity index (χ0) is 24.3. The van der Waals surface area contributed by atoms with Crippen molar-refractivity contribution in [3.63, 3.8) is 0 Å². The minimum absolute atomic E-state index is 0.00119. The van der Waals surface area contributed by atoms with Crippen molar-refractivity contribution in [2.75, 3.05) is 7.11 Å². The van der Waals surface area contributed by atoms with E-state index in [-0.39, 0.29) is 53.0 Å². The van der Waals surface area contributed by atoms with Gasteiger partial charge in [0.2, 0.25) is 0 Å². The van der Waals surface area contributed by atoms with Gasteiger partial charge in [0.05, 0.1) is 11.8 Å². The molecule has 0 spiro atoms. The number of aryl methyl sites for hydroxylation is 2. The van der Waals surface area contributed by atoms with Crippen LogP contribution >= 0.6 is 0 Å². The summed E-state index contributed by atoms with van der Waals surface area (Å²) in [5.74, 6) is -1.52. The summed E-state index contributed by atoms with van der Waals surface area (Å²) in [5, 5.41) is 27.6. The summed E-state index contributed by atoms with van der Waals surface area (Å²) in [4.78, 5) is 34.0. The normalized spacial score (nSPS) is 17.9. The number of amides is 2. The summed E-state index contributed by atoms with van der Waals surface area (Å²) in [6.07, 6.45) is 2.86. The molecule has 1 aliphatic heterocycles. The lowest BCUT2D eigenvalue weighted by molar-refractivity contribution is -0.122. The van der Waals surface area contributed by atoms with E-state index in [1.807, 2.05) is 13.8 Å². The molecule has 0 radical (unpaired) electrons. The standard InChI is InChI=1S/C21H25N5O7/c1-10(2)12-6-11(13(27)7-14(12)28)4-5-15-17(18(19(22)29)25-32-15)16-8-21(20(23)30,26-33-16)9-24-31-3/h6-10,26-28H,4-5H2,1-3H3,(H2,22,29)(H2,23,30). The summed E-state index contributed by atoms with van der Waals surface area (Å²) in [6.45, 7) is 3.83. The molecule has 0 saturated heterocycles. The van der Waals surface area contributed by atoms with E-state index >= 15 is 0 Å². The zero-order valence-corrected chi connectivity index (χ0v) is 18.3. The van der Waals surface area contributed by atoms with Crippen LogP contribution < -0.4 is 16.9 Å². The molecule has 1 atom stereocenters. The van der Waals surface area contributed by atoms with Crippen molar-refractivity contribution >= 4 is 23.8 Å². The van der Waals surface area contributed by atoms with E-state index < -0.39 is 17.4 Å². The Balaban J connectivity index is 1.98. The summed E-state index contributed by atoms with van der Waals surface area (Å²) in [6, 6.07) is 2.98. The third-order valence-electron chi connectivity index (χ3n) is 5.17. The van der Waals surface area contributed by atoms with Crippen LogP contribution in [-0.2, 0) is 27.3 Å². The van der Waals surface area contributed by atoms with Gasteiger partial charge in [-0.1, -0.05) is 24.2 Å². The van der Waals surface area contributed by atoms with Gasteiger partial charge in [0.1, 0.15) is 24.4 Å². The molecule has 12 heteroatoms. The fourth-order valence-corrected chi connectivity index (χ4v) is 3.38. The van der Waals surface area contributed by atoms with Gasteiger partial charge in [0, 0.05) is 12.5 Å². The number of nitrogens with two attached hydrogens (primary N) is 2. The molecule has 1 aromatic carbocycles. The first-order valence-electron chi connectivity index (χ1n) is 9.97. The molecule has 176 valence electrons. The number of carbonyl (C=O) groups is 2. The van der Waals surface area contributed by atoms with Gasteiger partial charge in [-0.3, -0.25) is 9.59 Å². The Hall–Kier alpha value is -4.06. The fraction of sp³-hybridized carbons (Fsp3) is 0.333. The number of aromatic nitrogens is 1. The summed E-state index contributed by atoms with van der Waals surface area (Å²) in [5.41, 5.74) is 12.9. The molecule has 7 N–H and O–H groups in total. The molecular formula is C21H25N5O7. The number of hydrogen-bond donors (Lipinski definition) is 5. The van der Waals surface area contributed by atoms with Crippen LogP contribution in [0.4, 0.5) is 0 Å². The molecule has 1 unspecified atom stereocenters. The Bertz CT molecular complexity index is 1140. The molecule has 1 aliphatic rings. The van der Waals surface area contributed by atoms with Gasteiger partial charge in [-0.25, -0.2) is 0 Å². The Morgan fingerprint density at radius 3 is 2.61 bits per heavy atom. The van der Waals surface area contributed by atoms with E-state index in [4.69, 9.17) is 20.8 Å². The molecule has 3 rings (SSSR count). The number of primary amides is 2. The van der Waals surface area contributed by atoms with Crippen molar-refractivity contribution in [3.05, 3.63) is 46.4 Å². The molecule has 0 aliphatic carbocycles. The average Bonchev–Trinajstić information content (AvgIpc) is 3.36. The van der Waals surface area contributed by atoms with Crippen molar-refractivity contribution in [1.29, 1.82) is 0 Å². The first-order valence-corrected chi connectivity index (χ1v) is 9.97. The largest absolute Gasteiger partial charge is 0.508 e. The number of hydroxylamine groups is 1. The highest BCUT2D eigenvalue weighted by Gasteiger charge is 2.42. The predicted molar refractivity (Wildman–Crippen MR) is 116 cm³/mol. The van der Waals surface area contributed by atoms with E-state index in [1.54, 1.807) is 6.07 Å². The molecule has 33 heavy (non-hydrogen) atoms. The maximum absolute atomic E-state index is 12.0. The minimum Gasteiger partial charge on any atom is -0.508 e. The average molecular weight is 459 g/mol. The lowest BCUT2D eigenvalue weighted by atomic mass is 9.95. The fourth-order valence-electron chi connectivity index (χ4n) is 3.38. The highest BCUT2D eigenvalue weighted by Crippen LogP contribution is 2.34. The maximum Gasteiger partial charge on any atom is 0.271 e. The smallest absolute Gasteiger partial charge is 0.271 e. The van der Waals surface area contributed by atoms with Crippen LogP contribution in [0.1, 0.15) is 52.7 Å². The van der Waals surface area contributed by atoms with Gasteiger partial charge >= 0.3 is 0 Å². The van der Waals surface area contributed by atoms with Crippen molar-refractivity contribution in [1.82, 2.24) is 10.6 Å². The second-order valence-electron chi connectivity index (χ2n) is 7.75. The number of aromatic hydroxyl groups is 2. The van der Waals surface area contributed by atoms with Crippen LogP contribution in [0, 0.1) is 0 Å². The van der Waals surface area contributed by atoms with Gasteiger partial charge in [-0.2, -0.15) is 0 Å². The first-order chi connectivity index (χ1) is 15.6. The van der Waals surface area contributed by atoms with Crippen molar-refractivity contribution in [2.45, 2.75) is 38.1 Å². The monoisotopic (exact) mass is 459 g/mol. The first kappa shape index (κ1) is 23.6. The lowest BCUT2D eigenvalue weighted by Gasteiger charge is -2.15. The van der Waals surface area contributed by atoms with Gasteiger partial charge in [0.25, 0.3) is 11.8 Å². The number of nitrogens with zero attached hydrogens (tertiary/aromatic N) is 2. The Labute approximate surface area is 188 Å². The van der Waals surface area contributed by atoms with Crippen LogP contribution in [0.2, 0.25) is 0 Å². The Morgan fingerprint density at radius 1 is 1.27 bits per heavy atom. The number of phenolic OH excluding ortho intramolecular Hbond substituents is 2. The second kappa shape index (κ2) is 9.20. The predicted octanol–water partition coefficient (Wildman–Crippen LogP) is 0.825. The number of benzene rings is 1. The summed E-state index contributed by atoms with van der Waals surface area (Å²) < 4.78 is 5.34. The third kappa shape index (κ3) is 4.60. The number of oxime groups is 1. The van der Waals surface area contributed by atoms with E-state index in [0.717, 1.165) is 6.21 Å². The molecule has 0 fully saturated rings. The van der Waals surface area contributed by atoms with Gasteiger partial charge in [-0.05, 0) is 35.6 Å². The van der Waals surface area contributed by atoms with E-state index in [1.165, 1.54) is 19.3 Å². The van der Waals surface area contributed by atoms with Crippen LogP contribution in [0.15, 0.2) is 27.9 Å². The zero-order valence-electron chi connectivity index (χ0n) is 18.3. The van der Waals surface area contributed by atoms with Crippen molar-refractivity contribution in [2.24, 2.45) is 16.6 Å². The van der Waals surface area contributed by atoms with Crippen LogP contribution in [0.25, 0.3) is 5.76 Å². The summed E-state index contributed by atoms with van der Waals surface area (Å²) >= 11 is 0. The number of rotatable bonds is 9. The maximum atomic E-state index is 12.0. The molecule has 1 aromatic heterocycles. The minimum atomic E-state index is -1.64. The molecule has 2 aromatic rings. The highest BCUT2D eigenvalue weighted by atomic mass is 16.7. The van der Waals surface area contributed by atoms with Gasteiger partial charge < -0.3 is 35.9 Å². The SMILES string of the molecule is CON=CC1(C(N)=O)C=C(c2c(C(N)=O)noc2CCc2cc(C(C)C)c(O)cc2O)ON1. The van der Waals surface area contributed by atoms with Crippen LogP contribution in [0.5, 0.6) is 11.5 Å². The molecule has 2 amide bonds. The second-order valence-corrected chi connectivity index (χ2v) is 7.75. The molecular weight excluding hydrogens is 434 g/mol. The Morgan fingerprint density at radius 2 is 2.00 bits per heavy atom. The quantitative estimate of drug-likeness (QED) is 0.266. The molecule has 0 bridgehead atoms. The van der Waals surface area contributed by atoms with E-state index in [0.29, 0.717) is 11.1 Å². The highest BCUT2D eigenvalue weighted by molar-refractivity contribution is 6.07. The number of phenols is 2.